The molecule has 1 amide bonds. The number of aryl methyl sites for hydroxylation is 1. The average Bonchev–Trinajstić information content (AvgIpc) is 2.46. The first-order valence-electron chi connectivity index (χ1n) is 6.11. The van der Waals surface area contributed by atoms with Crippen LogP contribution in [-0.2, 0) is 0 Å². The summed E-state index contributed by atoms with van der Waals surface area (Å²) in [6.07, 6.45) is 0. The Morgan fingerprint density at radius 3 is 2.65 bits per heavy atom. The minimum absolute atomic E-state index is 0.133. The molecule has 0 heterocycles. The number of anilines is 1. The number of carbonyl (C=O) groups excluding carboxylic acids is 1. The number of carbonyl (C=O) groups is 1. The fourth-order valence-electron chi connectivity index (χ4n) is 1.97. The van der Waals surface area contributed by atoms with Gasteiger partial charge in [-0.3, -0.25) is 4.79 Å². The third kappa shape index (κ3) is 2.62. The molecule has 0 aliphatic rings. The van der Waals surface area contributed by atoms with E-state index < -0.39 is 0 Å². The topological polar surface area (TPSA) is 64.3 Å². The summed E-state index contributed by atoms with van der Waals surface area (Å²) >= 11 is 0. The third-order valence-electron chi connectivity index (χ3n) is 3.11. The molecule has 2 rings (SSSR count). The maximum atomic E-state index is 12.4. The van der Waals surface area contributed by atoms with E-state index in [2.05, 4.69) is 0 Å². The van der Waals surface area contributed by atoms with E-state index in [4.69, 9.17) is 5.26 Å². The van der Waals surface area contributed by atoms with Crippen molar-refractivity contribution in [3.8, 4) is 11.8 Å². The molecule has 0 saturated heterocycles. The molecule has 0 fully saturated rings. The predicted molar refractivity (Wildman–Crippen MR) is 76.7 cm³/mol. The number of hydrogen-bond acceptors (Lipinski definition) is 3. The Kier molecular flexibility index (Phi) is 3.72. The molecule has 0 aliphatic carbocycles. The minimum atomic E-state index is -0.183. The second-order valence-electron chi connectivity index (χ2n) is 4.53. The molecule has 0 radical (unpaired) electrons. The van der Waals surface area contributed by atoms with Gasteiger partial charge in [0, 0.05) is 18.3 Å². The highest BCUT2D eigenvalue weighted by Gasteiger charge is 2.16. The van der Waals surface area contributed by atoms with E-state index in [1.54, 1.807) is 50.4 Å². The summed E-state index contributed by atoms with van der Waals surface area (Å²) in [5, 5.41) is 18.3. The number of aromatic hydroxyl groups is 1. The zero-order valence-electron chi connectivity index (χ0n) is 11.3. The van der Waals surface area contributed by atoms with Crippen molar-refractivity contribution < 1.29 is 9.90 Å². The number of nitrogens with zero attached hydrogens (tertiary/aromatic N) is 2. The van der Waals surface area contributed by atoms with Gasteiger partial charge >= 0.3 is 0 Å². The van der Waals surface area contributed by atoms with Crippen molar-refractivity contribution in [1.29, 1.82) is 5.26 Å². The average molecular weight is 266 g/mol. The van der Waals surface area contributed by atoms with Gasteiger partial charge in [-0.05, 0) is 48.9 Å². The lowest BCUT2D eigenvalue weighted by atomic mass is 10.1. The van der Waals surface area contributed by atoms with Crippen LogP contribution >= 0.6 is 0 Å². The van der Waals surface area contributed by atoms with E-state index in [1.807, 2.05) is 6.07 Å². The summed E-state index contributed by atoms with van der Waals surface area (Å²) in [7, 11) is 1.66. The predicted octanol–water partition coefficient (Wildman–Crippen LogP) is 2.85. The van der Waals surface area contributed by atoms with Crippen LogP contribution in [0, 0.1) is 18.3 Å². The molecule has 1 N–H and O–H groups in total. The van der Waals surface area contributed by atoms with Gasteiger partial charge in [0.25, 0.3) is 5.91 Å². The molecular weight excluding hydrogens is 252 g/mol. The normalized spacial score (nSPS) is 9.85. The van der Waals surface area contributed by atoms with Crippen molar-refractivity contribution in [1.82, 2.24) is 0 Å². The Morgan fingerprint density at radius 2 is 2.00 bits per heavy atom. The molecule has 0 bridgehead atoms. The molecule has 100 valence electrons. The highest BCUT2D eigenvalue weighted by Crippen LogP contribution is 2.21. The quantitative estimate of drug-likeness (QED) is 0.909. The van der Waals surface area contributed by atoms with Gasteiger partial charge < -0.3 is 10.0 Å². The second-order valence-corrected chi connectivity index (χ2v) is 4.53. The molecule has 0 saturated carbocycles. The first kappa shape index (κ1) is 13.6. The molecule has 20 heavy (non-hydrogen) atoms. The smallest absolute Gasteiger partial charge is 0.258 e. The lowest BCUT2D eigenvalue weighted by Crippen LogP contribution is -2.26. The summed E-state index contributed by atoms with van der Waals surface area (Å²) in [6.45, 7) is 1.77. The van der Waals surface area contributed by atoms with Crippen molar-refractivity contribution in [2.45, 2.75) is 6.92 Å². The number of benzene rings is 2. The first-order valence-corrected chi connectivity index (χ1v) is 6.11. The molecule has 0 unspecified atom stereocenters. The number of amides is 1. The molecule has 0 atom stereocenters. The highest BCUT2D eigenvalue weighted by atomic mass is 16.3. The van der Waals surface area contributed by atoms with Crippen LogP contribution in [0.1, 0.15) is 21.5 Å². The van der Waals surface area contributed by atoms with Gasteiger partial charge in [-0.15, -0.1) is 0 Å². The molecule has 2 aromatic carbocycles. The summed E-state index contributed by atoms with van der Waals surface area (Å²) in [5.74, 6) is -0.0502. The first-order chi connectivity index (χ1) is 9.52. The van der Waals surface area contributed by atoms with Crippen molar-refractivity contribution in [2.24, 2.45) is 0 Å². The van der Waals surface area contributed by atoms with E-state index in [1.165, 1.54) is 11.0 Å². The van der Waals surface area contributed by atoms with Crippen LogP contribution in [-0.4, -0.2) is 18.1 Å². The largest absolute Gasteiger partial charge is 0.508 e. The highest BCUT2D eigenvalue weighted by molar-refractivity contribution is 6.06. The van der Waals surface area contributed by atoms with E-state index in [0.717, 1.165) is 0 Å². The van der Waals surface area contributed by atoms with Crippen LogP contribution in [0.3, 0.4) is 0 Å². The number of hydrogen-bond donors (Lipinski definition) is 1. The molecule has 2 aromatic rings. The Labute approximate surface area is 117 Å². The second kappa shape index (κ2) is 5.45. The van der Waals surface area contributed by atoms with Gasteiger partial charge in [0.05, 0.1) is 11.6 Å². The lowest BCUT2D eigenvalue weighted by molar-refractivity contribution is 0.0992. The van der Waals surface area contributed by atoms with E-state index >= 15 is 0 Å². The van der Waals surface area contributed by atoms with Gasteiger partial charge in [-0.2, -0.15) is 5.26 Å². The zero-order chi connectivity index (χ0) is 14.7. The fourth-order valence-corrected chi connectivity index (χ4v) is 1.97. The van der Waals surface area contributed by atoms with Crippen LogP contribution in [0.5, 0.6) is 5.75 Å². The Morgan fingerprint density at radius 1 is 1.25 bits per heavy atom. The van der Waals surface area contributed by atoms with Crippen LogP contribution in [0.25, 0.3) is 0 Å². The van der Waals surface area contributed by atoms with Crippen molar-refractivity contribution in [3.05, 3.63) is 59.2 Å². The van der Waals surface area contributed by atoms with E-state index in [0.29, 0.717) is 22.4 Å². The van der Waals surface area contributed by atoms with Gasteiger partial charge in [0.1, 0.15) is 5.75 Å². The number of rotatable bonds is 2. The fraction of sp³-hybridized carbons (Fsp3) is 0.125. The third-order valence-corrected chi connectivity index (χ3v) is 3.11. The molecular formula is C16H14N2O2. The van der Waals surface area contributed by atoms with Crippen molar-refractivity contribution >= 4 is 11.6 Å². The standard InChI is InChI=1S/C16H14N2O2/c1-11-8-14(19)6-7-15(11)16(20)18(2)13-5-3-4-12(9-13)10-17/h3-9,19H,1-2H3. The monoisotopic (exact) mass is 266 g/mol. The summed E-state index contributed by atoms with van der Waals surface area (Å²) < 4.78 is 0. The van der Waals surface area contributed by atoms with Gasteiger partial charge in [-0.25, -0.2) is 0 Å². The maximum Gasteiger partial charge on any atom is 0.258 e. The Bertz CT molecular complexity index is 702. The zero-order valence-corrected chi connectivity index (χ0v) is 11.3. The minimum Gasteiger partial charge on any atom is -0.508 e. The van der Waals surface area contributed by atoms with Crippen LogP contribution in [0.2, 0.25) is 0 Å². The number of phenols is 1. The van der Waals surface area contributed by atoms with Gasteiger partial charge in [0.2, 0.25) is 0 Å². The van der Waals surface area contributed by atoms with Crippen LogP contribution in [0.4, 0.5) is 5.69 Å². The van der Waals surface area contributed by atoms with Gasteiger partial charge in [0.15, 0.2) is 0 Å². The Hall–Kier alpha value is -2.80. The SMILES string of the molecule is Cc1cc(O)ccc1C(=O)N(C)c1cccc(C#N)c1. The van der Waals surface area contributed by atoms with E-state index in [9.17, 15) is 9.90 Å². The molecule has 4 heteroatoms. The molecule has 0 spiro atoms. The van der Waals surface area contributed by atoms with Gasteiger partial charge in [-0.1, -0.05) is 6.07 Å². The van der Waals surface area contributed by atoms with Crippen LogP contribution in [0.15, 0.2) is 42.5 Å². The molecule has 0 aromatic heterocycles. The Balaban J connectivity index is 2.35. The summed E-state index contributed by atoms with van der Waals surface area (Å²) in [5.41, 5.74) is 2.39. The molecule has 0 aliphatic heterocycles. The molecule has 4 nitrogen and oxygen atoms in total. The lowest BCUT2D eigenvalue weighted by Gasteiger charge is -2.18. The number of nitriles is 1. The van der Waals surface area contributed by atoms with Crippen molar-refractivity contribution in [3.63, 3.8) is 0 Å². The van der Waals surface area contributed by atoms with E-state index in [-0.39, 0.29) is 11.7 Å². The van der Waals surface area contributed by atoms with Crippen molar-refractivity contribution in [2.75, 3.05) is 11.9 Å². The number of phenolic OH excluding ortho intramolecular Hbond substituents is 1. The summed E-state index contributed by atoms with van der Waals surface area (Å²) in [6, 6.07) is 13.5. The van der Waals surface area contributed by atoms with Crippen LogP contribution < -0.4 is 4.90 Å². The maximum absolute atomic E-state index is 12.4. The summed E-state index contributed by atoms with van der Waals surface area (Å²) in [4.78, 5) is 13.9.